The molecule has 88 valence electrons. The molecule has 0 unspecified atom stereocenters. The zero-order valence-electron chi connectivity index (χ0n) is 9.53. The summed E-state index contributed by atoms with van der Waals surface area (Å²) in [4.78, 5) is 16.5. The first-order chi connectivity index (χ1) is 7.77. The lowest BCUT2D eigenvalue weighted by atomic mass is 10.4. The number of aromatic nitrogens is 1. The summed E-state index contributed by atoms with van der Waals surface area (Å²) in [5.41, 5.74) is 0. The van der Waals surface area contributed by atoms with Gasteiger partial charge in [-0.3, -0.25) is 4.79 Å². The van der Waals surface area contributed by atoms with Crippen molar-refractivity contribution in [1.29, 1.82) is 0 Å². The van der Waals surface area contributed by atoms with Crippen LogP contribution in [0.3, 0.4) is 0 Å². The van der Waals surface area contributed by atoms with E-state index < -0.39 is 0 Å². The van der Waals surface area contributed by atoms with Gasteiger partial charge in [-0.1, -0.05) is 30.8 Å². The number of rotatable bonds is 6. The van der Waals surface area contributed by atoms with Crippen LogP contribution in [-0.2, 0) is 0 Å². The molecule has 1 aromatic rings. The summed E-state index contributed by atoms with van der Waals surface area (Å²) < 4.78 is 0.959. The molecule has 0 atom stereocenters. The van der Waals surface area contributed by atoms with Gasteiger partial charge >= 0.3 is 0 Å². The standard InChI is InChI=1S/C11H16N2OS2/c1-3-5-6-7-12-10(14)9-8-13-11(16-9)15-4-2/h3,5,8H,4,6-7H2,1-2H3,(H,12,14)/b5-3+. The Morgan fingerprint density at radius 2 is 2.50 bits per heavy atom. The van der Waals surface area contributed by atoms with E-state index in [0.717, 1.165) is 16.5 Å². The van der Waals surface area contributed by atoms with Gasteiger partial charge in [0, 0.05) is 6.54 Å². The number of thiazole rings is 1. The summed E-state index contributed by atoms with van der Waals surface area (Å²) in [6.45, 7) is 4.72. The Bertz CT molecular complexity index is 361. The molecule has 1 aromatic heterocycles. The molecule has 1 amide bonds. The van der Waals surface area contributed by atoms with E-state index in [-0.39, 0.29) is 5.91 Å². The molecule has 5 heteroatoms. The number of nitrogens with zero attached hydrogens (tertiary/aromatic N) is 1. The van der Waals surface area contributed by atoms with E-state index in [4.69, 9.17) is 0 Å². The van der Waals surface area contributed by atoms with Gasteiger partial charge in [0.25, 0.3) is 5.91 Å². The smallest absolute Gasteiger partial charge is 0.263 e. The second kappa shape index (κ2) is 7.46. The number of allylic oxidation sites excluding steroid dienone is 1. The van der Waals surface area contributed by atoms with Crippen molar-refractivity contribution in [2.45, 2.75) is 24.6 Å². The van der Waals surface area contributed by atoms with Crippen LogP contribution in [0.4, 0.5) is 0 Å². The van der Waals surface area contributed by atoms with Crippen LogP contribution in [0.1, 0.15) is 29.9 Å². The molecule has 0 fully saturated rings. The minimum Gasteiger partial charge on any atom is -0.351 e. The molecule has 1 rings (SSSR count). The van der Waals surface area contributed by atoms with Gasteiger partial charge in [0.1, 0.15) is 4.88 Å². The quantitative estimate of drug-likeness (QED) is 0.483. The van der Waals surface area contributed by atoms with E-state index in [2.05, 4.69) is 17.2 Å². The number of amides is 1. The van der Waals surface area contributed by atoms with Gasteiger partial charge in [-0.2, -0.15) is 0 Å². The number of thioether (sulfide) groups is 1. The number of carbonyl (C=O) groups is 1. The van der Waals surface area contributed by atoms with Crippen LogP contribution in [0.15, 0.2) is 22.7 Å². The van der Waals surface area contributed by atoms with Crippen molar-refractivity contribution < 1.29 is 4.79 Å². The van der Waals surface area contributed by atoms with E-state index in [1.54, 1.807) is 18.0 Å². The maximum Gasteiger partial charge on any atom is 0.263 e. The summed E-state index contributed by atoms with van der Waals surface area (Å²) in [5, 5.41) is 2.86. The molecule has 0 saturated heterocycles. The minimum atomic E-state index is -0.0232. The summed E-state index contributed by atoms with van der Waals surface area (Å²) in [5.74, 6) is 0.959. The van der Waals surface area contributed by atoms with Crippen LogP contribution in [0.2, 0.25) is 0 Å². The predicted octanol–water partition coefficient (Wildman–Crippen LogP) is 2.95. The SMILES string of the molecule is C/C=C/CCNC(=O)c1cnc(SCC)s1. The number of hydrogen-bond acceptors (Lipinski definition) is 4. The fraction of sp³-hybridized carbons (Fsp3) is 0.455. The molecule has 0 bridgehead atoms. The van der Waals surface area contributed by atoms with Gasteiger partial charge in [-0.15, -0.1) is 11.3 Å². The predicted molar refractivity (Wildman–Crippen MR) is 70.3 cm³/mol. The van der Waals surface area contributed by atoms with Crippen molar-refractivity contribution in [2.75, 3.05) is 12.3 Å². The normalized spacial score (nSPS) is 10.9. The highest BCUT2D eigenvalue weighted by atomic mass is 32.2. The first-order valence-electron chi connectivity index (χ1n) is 5.26. The lowest BCUT2D eigenvalue weighted by Crippen LogP contribution is -2.23. The van der Waals surface area contributed by atoms with Crippen molar-refractivity contribution in [3.63, 3.8) is 0 Å². The molecular weight excluding hydrogens is 240 g/mol. The fourth-order valence-electron chi connectivity index (χ4n) is 1.08. The van der Waals surface area contributed by atoms with Crippen molar-refractivity contribution in [3.05, 3.63) is 23.2 Å². The van der Waals surface area contributed by atoms with E-state index >= 15 is 0 Å². The van der Waals surface area contributed by atoms with Crippen LogP contribution in [0.5, 0.6) is 0 Å². The van der Waals surface area contributed by atoms with Crippen molar-refractivity contribution in [3.8, 4) is 0 Å². The van der Waals surface area contributed by atoms with Gasteiger partial charge < -0.3 is 5.32 Å². The average molecular weight is 256 g/mol. The Labute approximate surface area is 104 Å². The van der Waals surface area contributed by atoms with Gasteiger partial charge in [0.15, 0.2) is 4.34 Å². The molecule has 0 aliphatic rings. The number of nitrogens with one attached hydrogen (secondary N) is 1. The Hall–Kier alpha value is -0.810. The molecule has 0 radical (unpaired) electrons. The zero-order valence-corrected chi connectivity index (χ0v) is 11.2. The van der Waals surface area contributed by atoms with Gasteiger partial charge in [-0.25, -0.2) is 4.98 Å². The Morgan fingerprint density at radius 1 is 1.69 bits per heavy atom. The summed E-state index contributed by atoms with van der Waals surface area (Å²) >= 11 is 3.11. The summed E-state index contributed by atoms with van der Waals surface area (Å²) in [7, 11) is 0. The molecule has 16 heavy (non-hydrogen) atoms. The number of carbonyl (C=O) groups excluding carboxylic acids is 1. The van der Waals surface area contributed by atoms with Crippen molar-refractivity contribution in [1.82, 2.24) is 10.3 Å². The molecule has 0 aliphatic carbocycles. The van der Waals surface area contributed by atoms with Crippen LogP contribution in [0.25, 0.3) is 0 Å². The minimum absolute atomic E-state index is 0.0232. The third-order valence-electron chi connectivity index (χ3n) is 1.81. The lowest BCUT2D eigenvalue weighted by Gasteiger charge is -1.99. The Morgan fingerprint density at radius 3 is 3.19 bits per heavy atom. The molecule has 0 spiro atoms. The highest BCUT2D eigenvalue weighted by Gasteiger charge is 2.09. The van der Waals surface area contributed by atoms with Crippen LogP contribution >= 0.6 is 23.1 Å². The summed E-state index contributed by atoms with van der Waals surface area (Å²) in [6.07, 6.45) is 6.53. The monoisotopic (exact) mass is 256 g/mol. The first kappa shape index (κ1) is 13.3. The molecule has 1 N–H and O–H groups in total. The Balaban J connectivity index is 2.40. The second-order valence-electron chi connectivity index (χ2n) is 3.04. The van der Waals surface area contributed by atoms with Crippen molar-refractivity contribution in [2.24, 2.45) is 0 Å². The van der Waals surface area contributed by atoms with Gasteiger partial charge in [0.2, 0.25) is 0 Å². The first-order valence-corrected chi connectivity index (χ1v) is 7.06. The molecule has 0 aromatic carbocycles. The molecular formula is C11H16N2OS2. The maximum atomic E-state index is 11.7. The maximum absolute atomic E-state index is 11.7. The van der Waals surface area contributed by atoms with E-state index in [1.165, 1.54) is 11.3 Å². The lowest BCUT2D eigenvalue weighted by molar-refractivity contribution is 0.0958. The van der Waals surface area contributed by atoms with Crippen LogP contribution < -0.4 is 5.32 Å². The third-order valence-corrected chi connectivity index (χ3v) is 3.84. The van der Waals surface area contributed by atoms with Crippen LogP contribution in [-0.4, -0.2) is 23.2 Å². The van der Waals surface area contributed by atoms with Crippen LogP contribution in [0, 0.1) is 0 Å². The third kappa shape index (κ3) is 4.37. The van der Waals surface area contributed by atoms with Gasteiger partial charge in [0.05, 0.1) is 6.20 Å². The molecule has 1 heterocycles. The molecule has 0 saturated carbocycles. The summed E-state index contributed by atoms with van der Waals surface area (Å²) in [6, 6.07) is 0. The van der Waals surface area contributed by atoms with Gasteiger partial charge in [-0.05, 0) is 19.1 Å². The largest absolute Gasteiger partial charge is 0.351 e. The second-order valence-corrected chi connectivity index (χ2v) is 5.58. The Kier molecular flexibility index (Phi) is 6.18. The van der Waals surface area contributed by atoms with Crippen molar-refractivity contribution >= 4 is 29.0 Å². The fourth-order valence-corrected chi connectivity index (χ4v) is 2.87. The van der Waals surface area contributed by atoms with E-state index in [9.17, 15) is 4.79 Å². The number of hydrogen-bond donors (Lipinski definition) is 1. The highest BCUT2D eigenvalue weighted by molar-refractivity contribution is 8.01. The molecule has 3 nitrogen and oxygen atoms in total. The molecule has 0 aliphatic heterocycles. The zero-order chi connectivity index (χ0) is 11.8. The average Bonchev–Trinajstić information content (AvgIpc) is 2.73. The highest BCUT2D eigenvalue weighted by Crippen LogP contribution is 2.23. The van der Waals surface area contributed by atoms with E-state index in [0.29, 0.717) is 11.4 Å². The topological polar surface area (TPSA) is 42.0 Å². The van der Waals surface area contributed by atoms with E-state index in [1.807, 2.05) is 19.1 Å².